The highest BCUT2D eigenvalue weighted by atomic mass is 16.3. The van der Waals surface area contributed by atoms with Gasteiger partial charge >= 0.3 is 0 Å². The van der Waals surface area contributed by atoms with Crippen molar-refractivity contribution in [2.75, 3.05) is 4.90 Å². The summed E-state index contributed by atoms with van der Waals surface area (Å²) in [6.45, 7) is 3.84. The van der Waals surface area contributed by atoms with Crippen LogP contribution in [0.25, 0.3) is 5.76 Å². The maximum Gasteiger partial charge on any atom is 0.300 e. The number of benzene rings is 2. The number of hydrogen-bond donors (Lipinski definition) is 2. The van der Waals surface area contributed by atoms with Gasteiger partial charge in [0.05, 0.1) is 17.5 Å². The molecule has 2 aromatic carbocycles. The largest absolute Gasteiger partial charge is 0.507 e. The number of nitrogens with zero attached hydrogens (tertiary/aromatic N) is 1. The van der Waals surface area contributed by atoms with Gasteiger partial charge in [-0.25, -0.2) is 0 Å². The number of aliphatic hydroxyl groups is 1. The zero-order chi connectivity index (χ0) is 21.4. The Morgan fingerprint density at radius 2 is 1.83 bits per heavy atom. The van der Waals surface area contributed by atoms with E-state index in [0.29, 0.717) is 11.3 Å². The van der Waals surface area contributed by atoms with Gasteiger partial charge in [-0.05, 0) is 48.7 Å². The molecule has 1 aromatic heterocycles. The van der Waals surface area contributed by atoms with E-state index in [-0.39, 0.29) is 22.8 Å². The van der Waals surface area contributed by atoms with E-state index in [4.69, 9.17) is 4.42 Å². The van der Waals surface area contributed by atoms with Gasteiger partial charge in [-0.15, -0.1) is 0 Å². The van der Waals surface area contributed by atoms with Crippen LogP contribution in [0.1, 0.15) is 35.4 Å². The number of aliphatic hydroxyl groups excluding tert-OH is 1. The second-order valence-corrected chi connectivity index (χ2v) is 7.23. The summed E-state index contributed by atoms with van der Waals surface area (Å²) in [6, 6.07) is 14.2. The van der Waals surface area contributed by atoms with E-state index >= 15 is 0 Å². The lowest BCUT2D eigenvalue weighted by Crippen LogP contribution is -2.29. The molecule has 1 amide bonds. The van der Waals surface area contributed by atoms with Crippen LogP contribution in [-0.4, -0.2) is 21.9 Å². The summed E-state index contributed by atoms with van der Waals surface area (Å²) in [4.78, 5) is 27.2. The normalized spacial score (nSPS) is 18.2. The predicted octanol–water partition coefficient (Wildman–Crippen LogP) is 4.48. The first kappa shape index (κ1) is 19.5. The number of rotatable bonds is 4. The molecule has 4 rings (SSSR count). The lowest BCUT2D eigenvalue weighted by Gasteiger charge is -2.24. The fourth-order valence-corrected chi connectivity index (χ4v) is 3.68. The molecular formula is C24H21NO5. The van der Waals surface area contributed by atoms with Crippen molar-refractivity contribution in [3.63, 3.8) is 0 Å². The summed E-state index contributed by atoms with van der Waals surface area (Å²) in [5, 5.41) is 21.4. The molecule has 0 saturated carbocycles. The topological polar surface area (TPSA) is 91.0 Å². The number of aryl methyl sites for hydroxylation is 2. The first-order chi connectivity index (χ1) is 14.4. The second-order valence-electron chi connectivity index (χ2n) is 7.23. The summed E-state index contributed by atoms with van der Waals surface area (Å²) < 4.78 is 5.52. The van der Waals surface area contributed by atoms with Crippen LogP contribution in [0, 0.1) is 6.92 Å². The quantitative estimate of drug-likeness (QED) is 0.381. The number of amides is 1. The van der Waals surface area contributed by atoms with Crippen LogP contribution in [0.5, 0.6) is 5.75 Å². The number of hydrogen-bond acceptors (Lipinski definition) is 5. The molecule has 1 aliphatic rings. The van der Waals surface area contributed by atoms with Crippen molar-refractivity contribution in [2.24, 2.45) is 0 Å². The highest BCUT2D eigenvalue weighted by molar-refractivity contribution is 6.51. The molecule has 30 heavy (non-hydrogen) atoms. The summed E-state index contributed by atoms with van der Waals surface area (Å²) in [5.74, 6) is -1.81. The lowest BCUT2D eigenvalue weighted by molar-refractivity contribution is -0.132. The molecule has 0 aliphatic carbocycles. The van der Waals surface area contributed by atoms with Gasteiger partial charge in [0.2, 0.25) is 0 Å². The molecule has 6 nitrogen and oxygen atoms in total. The maximum absolute atomic E-state index is 13.0. The summed E-state index contributed by atoms with van der Waals surface area (Å²) in [5.41, 5.74) is 2.41. The summed E-state index contributed by atoms with van der Waals surface area (Å²) in [6.07, 6.45) is 2.27. The Labute approximate surface area is 173 Å². The van der Waals surface area contributed by atoms with Crippen LogP contribution in [0.3, 0.4) is 0 Å². The fraction of sp³-hybridized carbons (Fsp3) is 0.167. The average molecular weight is 403 g/mol. The van der Waals surface area contributed by atoms with E-state index in [9.17, 15) is 19.8 Å². The third-order valence-corrected chi connectivity index (χ3v) is 5.28. The van der Waals surface area contributed by atoms with E-state index < -0.39 is 17.7 Å². The van der Waals surface area contributed by atoms with Crippen molar-refractivity contribution in [1.82, 2.24) is 0 Å². The Balaban J connectivity index is 1.92. The van der Waals surface area contributed by atoms with Gasteiger partial charge in [0.15, 0.2) is 0 Å². The minimum Gasteiger partial charge on any atom is -0.507 e. The van der Waals surface area contributed by atoms with Crippen molar-refractivity contribution < 1.29 is 24.2 Å². The Hall–Kier alpha value is -3.80. The van der Waals surface area contributed by atoms with Crippen molar-refractivity contribution in [2.45, 2.75) is 26.3 Å². The van der Waals surface area contributed by atoms with Crippen LogP contribution in [0.4, 0.5) is 5.69 Å². The van der Waals surface area contributed by atoms with Crippen LogP contribution >= 0.6 is 0 Å². The number of anilines is 1. The molecule has 1 atom stereocenters. The standard InChI is InChI=1S/C24H21NO5/c1-3-15-7-9-16(10-8-15)22(27)20-21(19-5-4-12-30-19)25(24(29)23(20)28)17-13-14(2)6-11-18(17)26/h4-13,21,26-27H,3H2,1-2H3/b22-20-. The molecule has 0 bridgehead atoms. The van der Waals surface area contributed by atoms with Crippen LogP contribution in [0.2, 0.25) is 0 Å². The van der Waals surface area contributed by atoms with E-state index in [0.717, 1.165) is 17.5 Å². The Kier molecular flexibility index (Phi) is 4.91. The molecule has 0 radical (unpaired) electrons. The first-order valence-electron chi connectivity index (χ1n) is 9.65. The molecule has 3 aromatic rings. The highest BCUT2D eigenvalue weighted by Crippen LogP contribution is 2.45. The number of furan rings is 1. The molecule has 1 saturated heterocycles. The zero-order valence-electron chi connectivity index (χ0n) is 16.6. The van der Waals surface area contributed by atoms with Gasteiger partial charge in [-0.3, -0.25) is 14.5 Å². The summed E-state index contributed by atoms with van der Waals surface area (Å²) >= 11 is 0. The molecule has 1 aliphatic heterocycles. The third-order valence-electron chi connectivity index (χ3n) is 5.28. The first-order valence-corrected chi connectivity index (χ1v) is 9.65. The SMILES string of the molecule is CCc1ccc(/C(O)=C2/C(=O)C(=O)N(c3cc(C)ccc3O)C2c2ccco2)cc1. The number of ketones is 1. The van der Waals surface area contributed by atoms with Crippen molar-refractivity contribution in [1.29, 1.82) is 0 Å². The van der Waals surface area contributed by atoms with Crippen molar-refractivity contribution in [3.8, 4) is 5.75 Å². The van der Waals surface area contributed by atoms with Crippen molar-refractivity contribution >= 4 is 23.1 Å². The Bertz CT molecular complexity index is 1140. The molecule has 0 spiro atoms. The van der Waals surface area contributed by atoms with E-state index in [1.807, 2.05) is 26.0 Å². The number of phenols is 1. The smallest absolute Gasteiger partial charge is 0.300 e. The molecular weight excluding hydrogens is 382 g/mol. The number of aromatic hydroxyl groups is 1. The van der Waals surface area contributed by atoms with Gasteiger partial charge in [0, 0.05) is 5.56 Å². The van der Waals surface area contributed by atoms with Crippen LogP contribution in [-0.2, 0) is 16.0 Å². The number of carbonyl (C=O) groups excluding carboxylic acids is 2. The third kappa shape index (κ3) is 3.16. The minimum absolute atomic E-state index is 0.0832. The van der Waals surface area contributed by atoms with E-state index in [2.05, 4.69) is 0 Å². The second kappa shape index (κ2) is 7.55. The van der Waals surface area contributed by atoms with Gasteiger partial charge < -0.3 is 14.6 Å². The average Bonchev–Trinajstić information content (AvgIpc) is 3.37. The van der Waals surface area contributed by atoms with E-state index in [1.54, 1.807) is 36.4 Å². The van der Waals surface area contributed by atoms with Crippen molar-refractivity contribution in [3.05, 3.63) is 88.9 Å². The number of carbonyl (C=O) groups is 2. The molecule has 1 unspecified atom stereocenters. The van der Waals surface area contributed by atoms with Gasteiger partial charge in [-0.1, -0.05) is 37.3 Å². The molecule has 1 fully saturated rings. The van der Waals surface area contributed by atoms with Gasteiger partial charge in [-0.2, -0.15) is 0 Å². The van der Waals surface area contributed by atoms with E-state index in [1.165, 1.54) is 17.2 Å². The monoisotopic (exact) mass is 403 g/mol. The van der Waals surface area contributed by atoms with Gasteiger partial charge in [0.1, 0.15) is 23.3 Å². The summed E-state index contributed by atoms with van der Waals surface area (Å²) in [7, 11) is 0. The highest BCUT2D eigenvalue weighted by Gasteiger charge is 2.49. The Morgan fingerprint density at radius 1 is 1.10 bits per heavy atom. The molecule has 6 heteroatoms. The van der Waals surface area contributed by atoms with Gasteiger partial charge in [0.25, 0.3) is 11.7 Å². The predicted molar refractivity (Wildman–Crippen MR) is 112 cm³/mol. The van der Waals surface area contributed by atoms with Crippen LogP contribution in [0.15, 0.2) is 70.9 Å². The maximum atomic E-state index is 13.0. The Morgan fingerprint density at radius 3 is 2.47 bits per heavy atom. The number of Topliss-reactive ketones (excluding diaryl/α,β-unsaturated/α-hetero) is 1. The fourth-order valence-electron chi connectivity index (χ4n) is 3.68. The minimum atomic E-state index is -1.00. The molecule has 2 heterocycles. The molecule has 2 N–H and O–H groups in total. The number of phenolic OH excluding ortho intramolecular Hbond substituents is 1. The zero-order valence-corrected chi connectivity index (χ0v) is 16.6. The van der Waals surface area contributed by atoms with Crippen LogP contribution < -0.4 is 4.90 Å². The lowest BCUT2D eigenvalue weighted by atomic mass is 9.98. The molecule has 152 valence electrons.